The molecule has 182 valence electrons. The Kier molecular flexibility index (Phi) is 5.60. The van der Waals surface area contributed by atoms with Crippen LogP contribution in [0, 0.1) is 17.0 Å². The second kappa shape index (κ2) is 8.91. The lowest BCUT2D eigenvalue weighted by molar-refractivity contribution is -0.386. The number of nitrogens with zero attached hydrogens (tertiary/aromatic N) is 2. The normalized spacial score (nSPS) is 12.4. The molecule has 0 aliphatic carbocycles. The number of carbonyl (C=O) groups excluding carboxylic acids is 1. The van der Waals surface area contributed by atoms with Crippen molar-refractivity contribution in [3.8, 4) is 11.5 Å². The number of aromatic nitrogens is 3. The molecule has 0 unspecified atom stereocenters. The first-order valence-electron chi connectivity index (χ1n) is 10.8. The first-order chi connectivity index (χ1) is 17.3. The maximum Gasteiger partial charge on any atom is 0.357 e. The first kappa shape index (κ1) is 22.7. The minimum Gasteiger partial charge on any atom is -0.454 e. The topological polar surface area (TPSA) is 161 Å². The van der Waals surface area contributed by atoms with E-state index in [-0.39, 0.29) is 24.9 Å². The van der Waals surface area contributed by atoms with E-state index in [0.29, 0.717) is 28.4 Å². The molecule has 2 aromatic heterocycles. The number of fused-ring (bicyclic) bond motifs is 2. The quantitative estimate of drug-likeness (QED) is 0.277. The summed E-state index contributed by atoms with van der Waals surface area (Å²) >= 11 is 0. The summed E-state index contributed by atoms with van der Waals surface area (Å²) < 4.78 is 12.4. The van der Waals surface area contributed by atoms with Crippen LogP contribution in [0.5, 0.6) is 11.5 Å². The van der Waals surface area contributed by atoms with E-state index in [9.17, 15) is 24.5 Å². The maximum atomic E-state index is 12.9. The summed E-state index contributed by atoms with van der Waals surface area (Å²) in [6, 6.07) is 12.5. The number of benzene rings is 2. The molecule has 0 atom stereocenters. The van der Waals surface area contributed by atoms with Crippen molar-refractivity contribution in [1.82, 2.24) is 14.5 Å². The number of hydrogen-bond donors (Lipinski definition) is 3. The van der Waals surface area contributed by atoms with Gasteiger partial charge in [-0.1, -0.05) is 24.3 Å². The van der Waals surface area contributed by atoms with Crippen LogP contribution in [0.2, 0.25) is 0 Å². The van der Waals surface area contributed by atoms with Gasteiger partial charge in [0.25, 0.3) is 0 Å². The lowest BCUT2D eigenvalue weighted by atomic mass is 10.1. The van der Waals surface area contributed by atoms with Crippen molar-refractivity contribution >= 4 is 40.3 Å². The summed E-state index contributed by atoms with van der Waals surface area (Å²) in [6.07, 6.45) is 2.88. The Balaban J connectivity index is 1.48. The number of nitrogens with one attached hydrogen (secondary N) is 3. The highest BCUT2D eigenvalue weighted by Crippen LogP contribution is 2.34. The number of para-hydroxylation sites is 1. The standard InChI is InChI=1S/C24H19N5O7/c1-13-15(7-8-17-22(29(33)34)23(31)27-24(32)26-17)16-4-2-3-5-18(16)28(13)11-21(30)25-14-6-9-19-20(10-14)36-12-35-19/h2-10H,11-12H2,1H3,(H,25,30)(H2,26,27,31,32)/b8-7+. The minimum absolute atomic E-state index is 0.00336. The van der Waals surface area contributed by atoms with Gasteiger partial charge in [-0.2, -0.15) is 0 Å². The molecule has 2 aromatic carbocycles. The number of rotatable bonds is 6. The Morgan fingerprint density at radius 3 is 2.72 bits per heavy atom. The van der Waals surface area contributed by atoms with Crippen molar-refractivity contribution < 1.29 is 19.2 Å². The average molecular weight is 489 g/mol. The second-order valence-electron chi connectivity index (χ2n) is 7.98. The number of anilines is 1. The first-order valence-corrected chi connectivity index (χ1v) is 10.8. The monoisotopic (exact) mass is 489 g/mol. The summed E-state index contributed by atoms with van der Waals surface area (Å²) in [5.74, 6) is 0.885. The van der Waals surface area contributed by atoms with Gasteiger partial charge in [0.15, 0.2) is 11.5 Å². The van der Waals surface area contributed by atoms with Gasteiger partial charge in [-0.05, 0) is 31.2 Å². The van der Waals surface area contributed by atoms with Crippen molar-refractivity contribution in [3.05, 3.63) is 90.4 Å². The Morgan fingerprint density at radius 1 is 1.14 bits per heavy atom. The van der Waals surface area contributed by atoms with Crippen LogP contribution in [-0.4, -0.2) is 32.2 Å². The van der Waals surface area contributed by atoms with Crippen molar-refractivity contribution in [3.63, 3.8) is 0 Å². The van der Waals surface area contributed by atoms with Gasteiger partial charge in [-0.15, -0.1) is 0 Å². The second-order valence-corrected chi connectivity index (χ2v) is 7.98. The molecule has 1 aliphatic heterocycles. The van der Waals surface area contributed by atoms with E-state index in [0.717, 1.165) is 10.9 Å². The molecule has 0 bridgehead atoms. The average Bonchev–Trinajstić information content (AvgIpc) is 3.39. The van der Waals surface area contributed by atoms with Crippen LogP contribution in [0.25, 0.3) is 23.1 Å². The number of carbonyl (C=O) groups is 1. The molecule has 12 heteroatoms. The highest BCUT2D eigenvalue weighted by Gasteiger charge is 2.20. The lowest BCUT2D eigenvalue weighted by Crippen LogP contribution is -2.25. The van der Waals surface area contributed by atoms with Gasteiger partial charge in [0, 0.05) is 33.9 Å². The molecule has 3 N–H and O–H groups in total. The Bertz CT molecular complexity index is 1680. The lowest BCUT2D eigenvalue weighted by Gasteiger charge is -2.10. The van der Waals surface area contributed by atoms with E-state index < -0.39 is 21.9 Å². The number of ether oxygens (including phenoxy) is 2. The number of aromatic amines is 2. The fourth-order valence-electron chi connectivity index (χ4n) is 4.16. The summed E-state index contributed by atoms with van der Waals surface area (Å²) in [6.45, 7) is 1.94. The van der Waals surface area contributed by atoms with Crippen molar-refractivity contribution in [1.29, 1.82) is 0 Å². The third-order valence-electron chi connectivity index (χ3n) is 5.78. The maximum absolute atomic E-state index is 12.9. The Labute approximate surface area is 201 Å². The summed E-state index contributed by atoms with van der Waals surface area (Å²) in [5.41, 5.74) is -0.235. The third kappa shape index (κ3) is 4.11. The van der Waals surface area contributed by atoms with Gasteiger partial charge >= 0.3 is 16.9 Å². The smallest absolute Gasteiger partial charge is 0.357 e. The van der Waals surface area contributed by atoms with Gasteiger partial charge in [0.2, 0.25) is 12.7 Å². The van der Waals surface area contributed by atoms with Crippen LogP contribution >= 0.6 is 0 Å². The molecule has 0 spiro atoms. The van der Waals surface area contributed by atoms with E-state index >= 15 is 0 Å². The molecular weight excluding hydrogens is 470 g/mol. The van der Waals surface area contributed by atoms with Gasteiger partial charge in [0.1, 0.15) is 12.2 Å². The fraction of sp³-hybridized carbons (Fsp3) is 0.125. The van der Waals surface area contributed by atoms with Crippen LogP contribution in [0.4, 0.5) is 11.4 Å². The Morgan fingerprint density at radius 2 is 1.92 bits per heavy atom. The van der Waals surface area contributed by atoms with Crippen LogP contribution < -0.4 is 26.0 Å². The van der Waals surface area contributed by atoms with Crippen LogP contribution in [-0.2, 0) is 11.3 Å². The SMILES string of the molecule is Cc1c(/C=C/c2[nH]c(=O)[nH]c(=O)c2[N+](=O)[O-])c2ccccc2n1CC(=O)Nc1ccc2c(c1)OCO2. The van der Waals surface area contributed by atoms with E-state index in [1.165, 1.54) is 6.08 Å². The molecule has 1 amide bonds. The van der Waals surface area contributed by atoms with Gasteiger partial charge in [-0.25, -0.2) is 4.79 Å². The number of H-pyrrole nitrogens is 2. The predicted molar refractivity (Wildman–Crippen MR) is 131 cm³/mol. The highest BCUT2D eigenvalue weighted by molar-refractivity contribution is 5.96. The number of nitro groups is 1. The molecule has 0 saturated carbocycles. The zero-order chi connectivity index (χ0) is 25.4. The molecule has 36 heavy (non-hydrogen) atoms. The van der Waals surface area contributed by atoms with E-state index in [1.807, 2.05) is 40.7 Å². The van der Waals surface area contributed by atoms with Crippen molar-refractivity contribution in [2.75, 3.05) is 12.1 Å². The zero-order valence-electron chi connectivity index (χ0n) is 18.9. The zero-order valence-corrected chi connectivity index (χ0v) is 18.9. The number of amides is 1. The van der Waals surface area contributed by atoms with E-state index in [2.05, 4.69) is 10.3 Å². The molecule has 3 heterocycles. The van der Waals surface area contributed by atoms with Crippen LogP contribution in [0.1, 0.15) is 17.0 Å². The molecule has 4 aromatic rings. The summed E-state index contributed by atoms with van der Waals surface area (Å²) in [7, 11) is 0. The van der Waals surface area contributed by atoms with Gasteiger partial charge in [0.05, 0.1) is 4.92 Å². The van der Waals surface area contributed by atoms with Crippen molar-refractivity contribution in [2.24, 2.45) is 0 Å². The molecule has 0 radical (unpaired) electrons. The summed E-state index contributed by atoms with van der Waals surface area (Å²) in [5, 5.41) is 15.0. The minimum atomic E-state index is -1.09. The number of hydrogen-bond acceptors (Lipinski definition) is 7. The molecule has 12 nitrogen and oxygen atoms in total. The Hall–Kier alpha value is -5.13. The van der Waals surface area contributed by atoms with Gasteiger partial charge < -0.3 is 24.3 Å². The summed E-state index contributed by atoms with van der Waals surface area (Å²) in [4.78, 5) is 51.1. The largest absolute Gasteiger partial charge is 0.454 e. The predicted octanol–water partition coefficient (Wildman–Crippen LogP) is 2.77. The van der Waals surface area contributed by atoms with E-state index in [1.54, 1.807) is 24.3 Å². The molecule has 5 rings (SSSR count). The highest BCUT2D eigenvalue weighted by atomic mass is 16.7. The van der Waals surface area contributed by atoms with E-state index in [4.69, 9.17) is 9.47 Å². The van der Waals surface area contributed by atoms with Gasteiger partial charge in [-0.3, -0.25) is 24.7 Å². The van der Waals surface area contributed by atoms with Crippen LogP contribution in [0.15, 0.2) is 52.1 Å². The van der Waals surface area contributed by atoms with Crippen LogP contribution in [0.3, 0.4) is 0 Å². The van der Waals surface area contributed by atoms with Crippen molar-refractivity contribution in [2.45, 2.75) is 13.5 Å². The third-order valence-corrected chi connectivity index (χ3v) is 5.78. The molecular formula is C24H19N5O7. The molecule has 1 aliphatic rings. The molecule has 0 saturated heterocycles. The fourth-order valence-corrected chi connectivity index (χ4v) is 4.16. The molecule has 0 fully saturated rings.